The smallest absolute Gasteiger partial charge is 0.160 e. The summed E-state index contributed by atoms with van der Waals surface area (Å²) in [6.45, 7) is 0. The predicted molar refractivity (Wildman–Crippen MR) is 514 cm³/mol. The van der Waals surface area contributed by atoms with Gasteiger partial charge in [0.05, 0.1) is 83.0 Å². The molecular weight excluding hydrogens is 1550 g/mol. The van der Waals surface area contributed by atoms with Crippen molar-refractivity contribution < 1.29 is 0 Å². The Hall–Kier alpha value is -16.8. The Labute approximate surface area is 721 Å². The Kier molecular flexibility index (Phi) is 19.5. The van der Waals surface area contributed by atoms with E-state index in [9.17, 15) is 0 Å². The zero-order valence-corrected chi connectivity index (χ0v) is 67.9. The van der Waals surface area contributed by atoms with Gasteiger partial charge in [0.15, 0.2) is 11.6 Å². The summed E-state index contributed by atoms with van der Waals surface area (Å²) in [5.41, 5.74) is 23.5. The Bertz CT molecular complexity index is 8380. The van der Waals surface area contributed by atoms with Crippen LogP contribution >= 0.6 is 11.3 Å². The van der Waals surface area contributed by atoms with Crippen LogP contribution in [0.5, 0.6) is 0 Å². The molecule has 0 spiro atoms. The van der Waals surface area contributed by atoms with Crippen LogP contribution in [0.4, 0.5) is 0 Å². The number of hydrogen-bond acceptors (Lipinski definition) is 14. The van der Waals surface area contributed by atoms with E-state index >= 15 is 0 Å². The van der Waals surface area contributed by atoms with E-state index in [4.69, 9.17) is 49.8 Å². The summed E-state index contributed by atoms with van der Waals surface area (Å²) in [5, 5.41) is 16.2. The topological polar surface area (TPSA) is 168 Å². The summed E-state index contributed by atoms with van der Waals surface area (Å²) in [6, 6.07) is 127. The number of aromatic nitrogens is 13. The molecule has 0 aliphatic carbocycles. The average molecular weight is 1620 g/mol. The largest absolute Gasteiger partial charge is 0.265 e. The number of rotatable bonds is 9. The maximum absolute atomic E-state index is 5.08. The van der Waals surface area contributed by atoms with E-state index in [1.807, 2.05) is 158 Å². The monoisotopic (exact) mass is 1620 g/mol. The molecule has 11 aromatic heterocycles. The fourth-order valence-electron chi connectivity index (χ4n) is 16.6. The van der Waals surface area contributed by atoms with Crippen LogP contribution in [0.3, 0.4) is 0 Å². The molecule has 0 bridgehead atoms. The Morgan fingerprint density at radius 2 is 0.536 bits per heavy atom. The van der Waals surface area contributed by atoms with Crippen LogP contribution in [0.2, 0.25) is 0 Å². The van der Waals surface area contributed by atoms with Crippen molar-refractivity contribution in [3.63, 3.8) is 0 Å². The van der Waals surface area contributed by atoms with Gasteiger partial charge in [-0.1, -0.05) is 285 Å². The van der Waals surface area contributed by atoms with Gasteiger partial charge >= 0.3 is 0 Å². The van der Waals surface area contributed by atoms with E-state index in [1.54, 1.807) is 36.1 Å². The van der Waals surface area contributed by atoms with Crippen LogP contribution < -0.4 is 0 Å². The van der Waals surface area contributed by atoms with Gasteiger partial charge in [-0.3, -0.25) is 29.9 Å². The normalized spacial score (nSPS) is 11.4. The zero-order chi connectivity index (χ0) is 82.9. The fourth-order valence-corrected chi connectivity index (χ4v) is 17.8. The van der Waals surface area contributed by atoms with E-state index in [-0.39, 0.29) is 0 Å². The van der Waals surface area contributed by atoms with E-state index in [0.717, 1.165) is 193 Å². The van der Waals surface area contributed by atoms with Gasteiger partial charge in [0, 0.05) is 153 Å². The Morgan fingerprint density at radius 3 is 1.02 bits per heavy atom. The highest BCUT2D eigenvalue weighted by Gasteiger charge is 2.21. The molecule has 0 fully saturated rings. The van der Waals surface area contributed by atoms with Gasteiger partial charge in [-0.15, -0.1) is 11.3 Å². The lowest BCUT2D eigenvalue weighted by Crippen LogP contribution is -1.95. The Balaban J connectivity index is 0.0000000989. The molecule has 0 atom stereocenters. The number of hydrogen-bond donors (Lipinski definition) is 0. The number of thiophene rings is 1. The summed E-state index contributed by atoms with van der Waals surface area (Å²) in [4.78, 5) is 62.0. The van der Waals surface area contributed by atoms with Crippen LogP contribution in [-0.4, -0.2) is 64.8 Å². The number of pyridine rings is 7. The van der Waals surface area contributed by atoms with Crippen molar-refractivity contribution in [3.05, 3.63) is 420 Å². The molecular formula is C111H69N13S. The number of benzene rings is 14. The van der Waals surface area contributed by atoms with Crippen LogP contribution in [0, 0.1) is 0 Å². The molecule has 0 saturated heterocycles. The third-order valence-electron chi connectivity index (χ3n) is 22.8. The van der Waals surface area contributed by atoms with Crippen LogP contribution in [0.25, 0.3) is 230 Å². The van der Waals surface area contributed by atoms with Crippen molar-refractivity contribution in [2.75, 3.05) is 0 Å². The molecule has 14 heteroatoms. The zero-order valence-electron chi connectivity index (χ0n) is 67.1. The van der Waals surface area contributed by atoms with E-state index in [2.05, 4.69) is 252 Å². The van der Waals surface area contributed by atoms with Crippen molar-refractivity contribution in [2.45, 2.75) is 0 Å². The minimum absolute atomic E-state index is 0.712. The summed E-state index contributed by atoms with van der Waals surface area (Å²) in [7, 11) is 0. The highest BCUT2D eigenvalue weighted by Crippen LogP contribution is 2.42. The van der Waals surface area contributed by atoms with Crippen LogP contribution in [0.15, 0.2) is 420 Å². The molecule has 0 saturated carbocycles. The molecule has 13 nitrogen and oxygen atoms in total. The molecule has 0 radical (unpaired) electrons. The van der Waals surface area contributed by atoms with Gasteiger partial charge in [-0.2, -0.15) is 0 Å². The molecule has 0 amide bonds. The molecule has 0 aliphatic heterocycles. The first-order valence-electron chi connectivity index (χ1n) is 41.3. The maximum Gasteiger partial charge on any atom is 0.160 e. The molecule has 125 heavy (non-hydrogen) atoms. The highest BCUT2D eigenvalue weighted by molar-refractivity contribution is 7.26. The van der Waals surface area contributed by atoms with Gasteiger partial charge in [0.1, 0.15) is 0 Å². The fraction of sp³-hybridized carbons (Fsp3) is 0. The summed E-state index contributed by atoms with van der Waals surface area (Å²) in [5.74, 6) is 1.44. The number of para-hydroxylation sites is 3. The molecule has 0 aliphatic rings. The van der Waals surface area contributed by atoms with E-state index < -0.39 is 0 Å². The summed E-state index contributed by atoms with van der Waals surface area (Å²) >= 11 is 1.75. The van der Waals surface area contributed by atoms with Crippen LogP contribution in [-0.2, 0) is 0 Å². The van der Waals surface area contributed by atoms with Crippen LogP contribution in [0.1, 0.15) is 0 Å². The molecule has 25 rings (SSSR count). The molecule has 0 N–H and O–H groups in total. The molecule has 0 unspecified atom stereocenters. The lowest BCUT2D eigenvalue weighted by Gasteiger charge is -2.11. The van der Waals surface area contributed by atoms with Crippen molar-refractivity contribution in [1.82, 2.24) is 64.8 Å². The number of nitrogens with zero attached hydrogens (tertiary/aromatic N) is 13. The first-order chi connectivity index (χ1) is 61.9. The summed E-state index contributed by atoms with van der Waals surface area (Å²) < 4.78 is 2.35. The third-order valence-corrected chi connectivity index (χ3v) is 24.0. The molecule has 11 heterocycles. The van der Waals surface area contributed by atoms with Gasteiger partial charge in [-0.25, -0.2) is 34.9 Å². The van der Waals surface area contributed by atoms with Gasteiger partial charge < -0.3 is 0 Å². The molecule has 584 valence electrons. The lowest BCUT2D eigenvalue weighted by atomic mass is 9.98. The summed E-state index contributed by atoms with van der Waals surface area (Å²) in [6.07, 6.45) is 14.9. The third kappa shape index (κ3) is 14.7. The predicted octanol–water partition coefficient (Wildman–Crippen LogP) is 27.8. The minimum atomic E-state index is 0.712. The number of fused-ring (bicyclic) bond motifs is 17. The highest BCUT2D eigenvalue weighted by atomic mass is 32.1. The quantitative estimate of drug-likeness (QED) is 0.125. The second-order valence-electron chi connectivity index (χ2n) is 30.5. The van der Waals surface area contributed by atoms with E-state index in [1.165, 1.54) is 31.6 Å². The SMILES string of the molecule is c1ccc(-c2nc(-c3ccc4c(c3)ncc3ccccc34)nc3c2sc2ccccc23)cc1.c1ccc(-c2nc(-c3ccc4c(c3)ncc3ccccc34)nc3ccccc23)cc1.c1ccc(-c2nc3ccccc3nc2-c2ccc3c(c2)ncc2ccccc23)cc1.c1ccc2c(c1)cnc1cc(-c3cc(-c4ccncc4)nc(-c4ccncc4)c3)ccc12. The average Bonchev–Trinajstić information content (AvgIpc) is 1.67. The van der Waals surface area contributed by atoms with Crippen molar-refractivity contribution in [2.24, 2.45) is 0 Å². The second kappa shape index (κ2) is 32.7. The van der Waals surface area contributed by atoms with Gasteiger partial charge in [0.2, 0.25) is 0 Å². The Morgan fingerprint density at radius 1 is 0.184 bits per heavy atom. The van der Waals surface area contributed by atoms with Gasteiger partial charge in [-0.05, 0) is 118 Å². The lowest BCUT2D eigenvalue weighted by molar-refractivity contribution is 1.23. The van der Waals surface area contributed by atoms with Crippen molar-refractivity contribution in [1.29, 1.82) is 0 Å². The standard InChI is InChI=1S/C29H17N3S.C28H18N4.2C27H17N3/c1-2-8-18(9-3-1)26-28-27(23-12-6-7-13-25(23)33-28)32-29(31-26)19-14-15-22-21-11-5-4-10-20(21)17-30-24(22)16-19;1-2-4-24-22(3-1)18-31-28-15-21(5-6-25(24)28)23-16-26(19-7-11-29-12-8-19)32-27(17-23)20-9-13-30-14-10-20;1-2-8-18(9-3-1)26-27(30-24-13-7-6-12-23(24)29-26)19-14-15-22-21-11-5-4-10-20(21)17-28-25(22)16-19;1-2-8-18(9-3-1)26-23-12-6-7-13-24(23)29-27(30-26)19-14-15-22-21-11-5-4-10-20(21)17-28-25(22)16-19/h1-17H;1-18H;2*1-17H. The first kappa shape index (κ1) is 74.5. The maximum atomic E-state index is 5.08. The van der Waals surface area contributed by atoms with Crippen molar-refractivity contribution in [3.8, 4) is 101 Å². The second-order valence-corrected chi connectivity index (χ2v) is 31.6. The van der Waals surface area contributed by atoms with Gasteiger partial charge in [0.25, 0.3) is 0 Å². The molecule has 14 aromatic carbocycles. The molecule has 25 aromatic rings. The van der Waals surface area contributed by atoms with E-state index in [0.29, 0.717) is 5.82 Å². The first-order valence-corrected chi connectivity index (χ1v) is 42.1. The van der Waals surface area contributed by atoms with Crippen molar-refractivity contribution >= 4 is 140 Å². The minimum Gasteiger partial charge on any atom is -0.265 e.